The van der Waals surface area contributed by atoms with Crippen molar-refractivity contribution in [3.05, 3.63) is 57.5 Å². The molecule has 0 aliphatic carbocycles. The number of carbonyl (C=O) groups is 1. The van der Waals surface area contributed by atoms with Crippen molar-refractivity contribution in [2.45, 2.75) is 13.5 Å². The van der Waals surface area contributed by atoms with Crippen LogP contribution in [0.3, 0.4) is 0 Å². The zero-order valence-electron chi connectivity index (χ0n) is 17.2. The lowest BCUT2D eigenvalue weighted by atomic mass is 10.3. The van der Waals surface area contributed by atoms with Gasteiger partial charge in [0.25, 0.3) is 11.5 Å². The summed E-state index contributed by atoms with van der Waals surface area (Å²) < 4.78 is 7.96. The first kappa shape index (κ1) is 20.9. The Balaban J connectivity index is 1.49. The maximum atomic E-state index is 12.4. The number of amides is 1. The summed E-state index contributed by atoms with van der Waals surface area (Å²) in [6.45, 7) is 2.40. The summed E-state index contributed by atoms with van der Waals surface area (Å²) in [6.07, 6.45) is 1.58. The van der Waals surface area contributed by atoms with Crippen molar-refractivity contribution in [3.8, 4) is 26.3 Å². The number of nitrogens with one attached hydrogen (secondary N) is 1. The first-order valence-electron chi connectivity index (χ1n) is 9.42. The second-order valence-corrected chi connectivity index (χ2v) is 8.62. The predicted octanol–water partition coefficient (Wildman–Crippen LogP) is 2.58. The van der Waals surface area contributed by atoms with Crippen LogP contribution in [0.5, 0.6) is 5.88 Å². The minimum atomic E-state index is -0.326. The number of aryl methyl sites for hydroxylation is 2. The van der Waals surface area contributed by atoms with Crippen LogP contribution in [0.2, 0.25) is 0 Å². The number of hydrogen-bond acceptors (Lipinski definition) is 8. The number of nitrogens with zero attached hydrogens (tertiary/aromatic N) is 5. The van der Waals surface area contributed by atoms with E-state index in [1.165, 1.54) is 22.5 Å². The van der Waals surface area contributed by atoms with Gasteiger partial charge in [0, 0.05) is 25.9 Å². The molecular weight excluding hydrogens is 436 g/mol. The van der Waals surface area contributed by atoms with Crippen LogP contribution in [0.15, 0.2) is 40.6 Å². The van der Waals surface area contributed by atoms with Crippen LogP contribution in [-0.4, -0.2) is 44.1 Å². The maximum Gasteiger partial charge on any atom is 0.266 e. The van der Waals surface area contributed by atoms with E-state index in [9.17, 15) is 9.59 Å². The van der Waals surface area contributed by atoms with E-state index < -0.39 is 0 Å². The molecule has 0 unspecified atom stereocenters. The first-order chi connectivity index (χ1) is 15.0. The lowest BCUT2D eigenvalue weighted by molar-refractivity contribution is 0.0948. The highest BCUT2D eigenvalue weighted by molar-refractivity contribution is 7.23. The predicted molar refractivity (Wildman–Crippen MR) is 120 cm³/mol. The van der Waals surface area contributed by atoms with Crippen LogP contribution in [-0.2, 0) is 13.6 Å². The molecule has 1 amide bonds. The van der Waals surface area contributed by atoms with E-state index in [-0.39, 0.29) is 30.4 Å². The van der Waals surface area contributed by atoms with Crippen LogP contribution in [0, 0.1) is 6.92 Å². The van der Waals surface area contributed by atoms with Gasteiger partial charge in [0.2, 0.25) is 5.88 Å². The van der Waals surface area contributed by atoms with Crippen molar-refractivity contribution in [3.63, 3.8) is 0 Å². The minimum absolute atomic E-state index is 0.232. The molecule has 4 aromatic heterocycles. The average Bonchev–Trinajstić information content (AvgIpc) is 3.49. The normalized spacial score (nSPS) is 10.9. The molecular formula is C20H20N6O3S2. The van der Waals surface area contributed by atoms with Gasteiger partial charge in [-0.1, -0.05) is 6.07 Å². The number of aromatic nitrogens is 5. The molecule has 160 valence electrons. The highest BCUT2D eigenvalue weighted by Crippen LogP contribution is 2.35. The van der Waals surface area contributed by atoms with Gasteiger partial charge in [0.15, 0.2) is 0 Å². The second kappa shape index (κ2) is 8.82. The number of rotatable bonds is 7. The molecule has 31 heavy (non-hydrogen) atoms. The Morgan fingerprint density at radius 3 is 2.84 bits per heavy atom. The summed E-state index contributed by atoms with van der Waals surface area (Å²) >= 11 is 3.18. The molecule has 0 radical (unpaired) electrons. The molecule has 4 heterocycles. The molecule has 0 aliphatic heterocycles. The molecule has 11 heteroatoms. The first-order valence-corrected chi connectivity index (χ1v) is 11.1. The second-order valence-electron chi connectivity index (χ2n) is 6.67. The van der Waals surface area contributed by atoms with E-state index >= 15 is 0 Å². The summed E-state index contributed by atoms with van der Waals surface area (Å²) in [4.78, 5) is 31.3. The van der Waals surface area contributed by atoms with Crippen molar-refractivity contribution < 1.29 is 9.53 Å². The number of hydrogen-bond donors (Lipinski definition) is 1. The Hall–Kier alpha value is -3.31. The Morgan fingerprint density at radius 1 is 1.26 bits per heavy atom. The van der Waals surface area contributed by atoms with E-state index in [4.69, 9.17) is 4.74 Å². The number of carbonyl (C=O) groups excluding carboxylic acids is 1. The maximum absolute atomic E-state index is 12.4. The lowest BCUT2D eigenvalue weighted by Crippen LogP contribution is -2.32. The monoisotopic (exact) mass is 456 g/mol. The molecule has 0 bridgehead atoms. The SMILES string of the molecule is COc1nn(C)cc1C(=O)NCCn1nc(-c2sc(-c3cccs3)nc2C)ccc1=O. The van der Waals surface area contributed by atoms with Gasteiger partial charge in [-0.25, -0.2) is 9.67 Å². The third-order valence-corrected chi connectivity index (χ3v) is 6.69. The molecule has 4 aromatic rings. The van der Waals surface area contributed by atoms with Crippen LogP contribution < -0.4 is 15.6 Å². The van der Waals surface area contributed by atoms with E-state index in [0.29, 0.717) is 11.3 Å². The third-order valence-electron chi connectivity index (χ3n) is 4.47. The summed E-state index contributed by atoms with van der Waals surface area (Å²) in [5.41, 5.74) is 1.64. The van der Waals surface area contributed by atoms with Crippen LogP contribution in [0.25, 0.3) is 20.5 Å². The molecule has 0 atom stereocenters. The molecule has 0 fully saturated rings. The fourth-order valence-electron chi connectivity index (χ4n) is 3.02. The molecule has 1 N–H and O–H groups in total. The zero-order valence-corrected chi connectivity index (χ0v) is 18.8. The summed E-state index contributed by atoms with van der Waals surface area (Å²) in [6, 6.07) is 7.21. The lowest BCUT2D eigenvalue weighted by Gasteiger charge is -2.08. The molecule has 4 rings (SSSR count). The number of methoxy groups -OCH3 is 1. The molecule has 0 saturated carbocycles. The van der Waals surface area contributed by atoms with Crippen molar-refractivity contribution in [2.75, 3.05) is 13.7 Å². The summed E-state index contributed by atoms with van der Waals surface area (Å²) in [7, 11) is 3.17. The van der Waals surface area contributed by atoms with Gasteiger partial charge in [-0.2, -0.15) is 5.10 Å². The van der Waals surface area contributed by atoms with E-state index in [1.54, 1.807) is 42.0 Å². The number of thiophene rings is 1. The van der Waals surface area contributed by atoms with Gasteiger partial charge in [-0.3, -0.25) is 14.3 Å². The fourth-order valence-corrected chi connectivity index (χ4v) is 4.84. The Morgan fingerprint density at radius 2 is 2.10 bits per heavy atom. The highest BCUT2D eigenvalue weighted by Gasteiger charge is 2.17. The fraction of sp³-hybridized carbons (Fsp3) is 0.250. The number of ether oxygens (including phenoxy) is 1. The molecule has 0 aliphatic rings. The van der Waals surface area contributed by atoms with E-state index in [0.717, 1.165) is 20.5 Å². The molecule has 0 aromatic carbocycles. The zero-order chi connectivity index (χ0) is 22.0. The molecule has 0 spiro atoms. The van der Waals surface area contributed by atoms with Crippen molar-refractivity contribution >= 4 is 28.6 Å². The van der Waals surface area contributed by atoms with Crippen molar-refractivity contribution in [1.29, 1.82) is 0 Å². The van der Waals surface area contributed by atoms with Crippen LogP contribution in [0.1, 0.15) is 16.1 Å². The van der Waals surface area contributed by atoms with Crippen LogP contribution in [0.4, 0.5) is 0 Å². The van der Waals surface area contributed by atoms with Gasteiger partial charge in [0.05, 0.1) is 29.1 Å². The third kappa shape index (κ3) is 4.42. The standard InChI is InChI=1S/C20H20N6O3S2/c1-12-17(31-20(22-12)15-5-4-10-30-15)14-6-7-16(27)26(23-14)9-8-21-18(28)13-11-25(2)24-19(13)29-3/h4-7,10-11H,8-9H2,1-3H3,(H,21,28). The van der Waals surface area contributed by atoms with E-state index in [1.807, 2.05) is 24.4 Å². The average molecular weight is 457 g/mol. The number of thiazole rings is 1. The van der Waals surface area contributed by atoms with Gasteiger partial charge >= 0.3 is 0 Å². The van der Waals surface area contributed by atoms with Gasteiger partial charge < -0.3 is 10.1 Å². The van der Waals surface area contributed by atoms with Gasteiger partial charge in [0.1, 0.15) is 16.3 Å². The largest absolute Gasteiger partial charge is 0.479 e. The quantitative estimate of drug-likeness (QED) is 0.458. The van der Waals surface area contributed by atoms with Crippen LogP contribution >= 0.6 is 22.7 Å². The summed E-state index contributed by atoms with van der Waals surface area (Å²) in [5, 5.41) is 14.3. The Bertz CT molecular complexity index is 1270. The molecule has 9 nitrogen and oxygen atoms in total. The van der Waals surface area contributed by atoms with Gasteiger partial charge in [-0.15, -0.1) is 27.8 Å². The van der Waals surface area contributed by atoms with Gasteiger partial charge in [-0.05, 0) is 24.4 Å². The van der Waals surface area contributed by atoms with Crippen molar-refractivity contribution in [1.82, 2.24) is 29.9 Å². The van der Waals surface area contributed by atoms with E-state index in [2.05, 4.69) is 20.5 Å². The minimum Gasteiger partial charge on any atom is -0.479 e. The smallest absolute Gasteiger partial charge is 0.266 e. The highest BCUT2D eigenvalue weighted by atomic mass is 32.1. The summed E-state index contributed by atoms with van der Waals surface area (Å²) in [5.74, 6) is -0.0763. The van der Waals surface area contributed by atoms with Crippen molar-refractivity contribution in [2.24, 2.45) is 7.05 Å². The Kier molecular flexibility index (Phi) is 5.96. The Labute approximate surface area is 186 Å². The topological polar surface area (TPSA) is 104 Å². The molecule has 0 saturated heterocycles.